The van der Waals surface area contributed by atoms with Crippen LogP contribution in [0.1, 0.15) is 41.9 Å². The molecule has 2 aromatic carbocycles. The minimum Gasteiger partial charge on any atom is -0.319 e. The van der Waals surface area contributed by atoms with E-state index in [4.69, 9.17) is 4.98 Å². The van der Waals surface area contributed by atoms with Crippen molar-refractivity contribution in [1.82, 2.24) is 19.5 Å². The van der Waals surface area contributed by atoms with Crippen molar-refractivity contribution in [2.45, 2.75) is 38.6 Å². The summed E-state index contributed by atoms with van der Waals surface area (Å²) < 4.78 is 1.80. The zero-order chi connectivity index (χ0) is 21.9. The number of anilines is 1. The first-order chi connectivity index (χ1) is 15.7. The van der Waals surface area contributed by atoms with Crippen LogP contribution in [0.25, 0.3) is 22.3 Å². The standard InChI is InChI=1S/C25H23N5O2/c31-24(28-19-15-26-23(27-16-19)17-8-4-3-5-9-17)18-11-12-20-21(14-18)29-22-10-6-1-2-7-13-30(22)25(20)32/h3-5,8-9,11-12,14-16H,1-2,6-7,10,13H2,(H,28,31). The lowest BCUT2D eigenvalue weighted by Gasteiger charge is -2.16. The van der Waals surface area contributed by atoms with Gasteiger partial charge >= 0.3 is 0 Å². The van der Waals surface area contributed by atoms with Crippen molar-refractivity contribution in [3.05, 3.63) is 82.7 Å². The maximum atomic E-state index is 13.0. The minimum absolute atomic E-state index is 0.0243. The number of aromatic nitrogens is 4. The van der Waals surface area contributed by atoms with Gasteiger partial charge in [-0.25, -0.2) is 15.0 Å². The van der Waals surface area contributed by atoms with Gasteiger partial charge in [-0.2, -0.15) is 0 Å². The molecule has 1 aliphatic heterocycles. The summed E-state index contributed by atoms with van der Waals surface area (Å²) in [6, 6.07) is 14.7. The van der Waals surface area contributed by atoms with Crippen molar-refractivity contribution >= 4 is 22.5 Å². The first-order valence-corrected chi connectivity index (χ1v) is 10.9. The van der Waals surface area contributed by atoms with E-state index in [0.29, 0.717) is 34.5 Å². The summed E-state index contributed by atoms with van der Waals surface area (Å²) >= 11 is 0. The maximum absolute atomic E-state index is 13.0. The fourth-order valence-electron chi connectivity index (χ4n) is 4.07. The monoisotopic (exact) mass is 425 g/mol. The topological polar surface area (TPSA) is 89.8 Å². The Balaban J connectivity index is 1.40. The predicted molar refractivity (Wildman–Crippen MR) is 124 cm³/mol. The van der Waals surface area contributed by atoms with Crippen LogP contribution in [-0.4, -0.2) is 25.4 Å². The van der Waals surface area contributed by atoms with E-state index in [9.17, 15) is 9.59 Å². The van der Waals surface area contributed by atoms with E-state index < -0.39 is 0 Å². The Morgan fingerprint density at radius 1 is 0.938 bits per heavy atom. The molecule has 1 N–H and O–H groups in total. The third kappa shape index (κ3) is 4.01. The van der Waals surface area contributed by atoms with Crippen molar-refractivity contribution in [3.8, 4) is 11.4 Å². The van der Waals surface area contributed by atoms with Crippen LogP contribution < -0.4 is 10.9 Å². The molecular weight excluding hydrogens is 402 g/mol. The van der Waals surface area contributed by atoms with E-state index in [1.807, 2.05) is 30.3 Å². The third-order valence-corrected chi connectivity index (χ3v) is 5.77. The predicted octanol–water partition coefficient (Wildman–Crippen LogP) is 4.22. The lowest BCUT2D eigenvalue weighted by molar-refractivity contribution is 0.102. The third-order valence-electron chi connectivity index (χ3n) is 5.77. The average molecular weight is 425 g/mol. The van der Waals surface area contributed by atoms with Gasteiger partial charge in [0, 0.05) is 24.1 Å². The molecular formula is C25H23N5O2. The van der Waals surface area contributed by atoms with Gasteiger partial charge in [-0.15, -0.1) is 0 Å². The van der Waals surface area contributed by atoms with Crippen molar-refractivity contribution < 1.29 is 4.79 Å². The quantitative estimate of drug-likeness (QED) is 0.531. The molecule has 1 amide bonds. The number of amides is 1. The molecule has 4 aromatic rings. The zero-order valence-corrected chi connectivity index (χ0v) is 17.6. The number of hydrogen-bond donors (Lipinski definition) is 1. The van der Waals surface area contributed by atoms with Crippen molar-refractivity contribution in [3.63, 3.8) is 0 Å². The van der Waals surface area contributed by atoms with Gasteiger partial charge in [-0.05, 0) is 31.0 Å². The van der Waals surface area contributed by atoms with Gasteiger partial charge in [0.1, 0.15) is 5.82 Å². The maximum Gasteiger partial charge on any atom is 0.261 e. The molecule has 32 heavy (non-hydrogen) atoms. The molecule has 0 spiro atoms. The summed E-state index contributed by atoms with van der Waals surface area (Å²) in [5.74, 6) is 1.11. The van der Waals surface area contributed by atoms with Gasteiger partial charge in [0.05, 0.1) is 29.0 Å². The van der Waals surface area contributed by atoms with Crippen LogP contribution in [0.2, 0.25) is 0 Å². The van der Waals surface area contributed by atoms with Crippen molar-refractivity contribution in [1.29, 1.82) is 0 Å². The number of hydrogen-bond acceptors (Lipinski definition) is 5. The number of benzene rings is 2. The van der Waals surface area contributed by atoms with Gasteiger partial charge < -0.3 is 5.32 Å². The molecule has 0 fully saturated rings. The van der Waals surface area contributed by atoms with Crippen LogP contribution in [0.5, 0.6) is 0 Å². The van der Waals surface area contributed by atoms with Crippen LogP contribution in [0.15, 0.2) is 65.7 Å². The molecule has 0 unspecified atom stereocenters. The first kappa shape index (κ1) is 20.1. The van der Waals surface area contributed by atoms with Crippen LogP contribution in [0.3, 0.4) is 0 Å². The summed E-state index contributed by atoms with van der Waals surface area (Å²) in [6.45, 7) is 0.707. The van der Waals surface area contributed by atoms with Crippen LogP contribution in [-0.2, 0) is 13.0 Å². The summed E-state index contributed by atoms with van der Waals surface area (Å²) in [5.41, 5.74) is 2.38. The highest BCUT2D eigenvalue weighted by atomic mass is 16.1. The van der Waals surface area contributed by atoms with Gasteiger partial charge in [0.15, 0.2) is 5.82 Å². The Labute approximate surface area is 185 Å². The number of fused-ring (bicyclic) bond motifs is 2. The van der Waals surface area contributed by atoms with E-state index in [2.05, 4.69) is 15.3 Å². The first-order valence-electron chi connectivity index (χ1n) is 10.9. The number of nitrogens with one attached hydrogen (secondary N) is 1. The molecule has 5 rings (SSSR count). The fraction of sp³-hybridized carbons (Fsp3) is 0.240. The number of nitrogens with zero attached hydrogens (tertiary/aromatic N) is 4. The molecule has 0 atom stereocenters. The summed E-state index contributed by atoms with van der Waals surface area (Å²) in [6.07, 6.45) is 8.26. The van der Waals surface area contributed by atoms with Gasteiger partial charge in [0.25, 0.3) is 11.5 Å². The minimum atomic E-state index is -0.295. The van der Waals surface area contributed by atoms with Crippen LogP contribution in [0, 0.1) is 0 Å². The molecule has 1 aliphatic rings. The Bertz CT molecular complexity index is 1330. The Kier molecular flexibility index (Phi) is 5.46. The SMILES string of the molecule is O=C(Nc1cnc(-c2ccccc2)nc1)c1ccc2c(=O)n3c(nc2c1)CCCCCC3. The molecule has 2 aromatic heterocycles. The van der Waals surface area contributed by atoms with E-state index >= 15 is 0 Å². The smallest absolute Gasteiger partial charge is 0.261 e. The molecule has 0 saturated carbocycles. The molecule has 160 valence electrons. The van der Waals surface area contributed by atoms with Gasteiger partial charge in [-0.1, -0.05) is 43.2 Å². The molecule has 0 radical (unpaired) electrons. The lowest BCUT2D eigenvalue weighted by atomic mass is 10.1. The second-order valence-corrected chi connectivity index (χ2v) is 8.00. The summed E-state index contributed by atoms with van der Waals surface area (Å²) in [5, 5.41) is 3.36. The average Bonchev–Trinajstić information content (AvgIpc) is 2.81. The second-order valence-electron chi connectivity index (χ2n) is 8.00. The number of carbonyl (C=O) groups is 1. The highest BCUT2D eigenvalue weighted by Gasteiger charge is 2.15. The molecule has 0 saturated heterocycles. The van der Waals surface area contributed by atoms with Crippen LogP contribution >= 0.6 is 0 Å². The second kappa shape index (κ2) is 8.70. The van der Waals surface area contributed by atoms with E-state index in [0.717, 1.165) is 43.5 Å². The Morgan fingerprint density at radius 3 is 2.53 bits per heavy atom. The Morgan fingerprint density at radius 2 is 1.72 bits per heavy atom. The van der Waals surface area contributed by atoms with Gasteiger partial charge in [-0.3, -0.25) is 14.2 Å². The van der Waals surface area contributed by atoms with Crippen LogP contribution in [0.4, 0.5) is 5.69 Å². The van der Waals surface area contributed by atoms with E-state index in [1.54, 1.807) is 35.2 Å². The number of rotatable bonds is 3. The highest BCUT2D eigenvalue weighted by molar-refractivity contribution is 6.05. The lowest BCUT2D eigenvalue weighted by Crippen LogP contribution is -2.26. The van der Waals surface area contributed by atoms with E-state index in [1.165, 1.54) is 0 Å². The normalized spacial score (nSPS) is 13.8. The molecule has 0 aliphatic carbocycles. The summed E-state index contributed by atoms with van der Waals surface area (Å²) in [7, 11) is 0. The molecule has 0 bridgehead atoms. The zero-order valence-electron chi connectivity index (χ0n) is 17.6. The van der Waals surface area contributed by atoms with Gasteiger partial charge in [0.2, 0.25) is 0 Å². The fourth-order valence-corrected chi connectivity index (χ4v) is 4.07. The Hall–Kier alpha value is -3.87. The molecule has 7 heteroatoms. The van der Waals surface area contributed by atoms with Crippen molar-refractivity contribution in [2.24, 2.45) is 0 Å². The largest absolute Gasteiger partial charge is 0.319 e. The number of carbonyl (C=O) groups excluding carboxylic acids is 1. The summed E-state index contributed by atoms with van der Waals surface area (Å²) in [4.78, 5) is 39.2. The van der Waals surface area contributed by atoms with E-state index in [-0.39, 0.29) is 11.5 Å². The number of aryl methyl sites for hydroxylation is 1. The van der Waals surface area contributed by atoms with Crippen molar-refractivity contribution in [2.75, 3.05) is 5.32 Å². The molecule has 3 heterocycles. The molecule has 7 nitrogen and oxygen atoms in total. The highest BCUT2D eigenvalue weighted by Crippen LogP contribution is 2.18.